The van der Waals surface area contributed by atoms with Gasteiger partial charge in [0.25, 0.3) is 0 Å². The van der Waals surface area contributed by atoms with Gasteiger partial charge in [-0.2, -0.15) is 0 Å². The number of nitrogens with one attached hydrogen (secondary N) is 1. The zero-order valence-electron chi connectivity index (χ0n) is 11.0. The van der Waals surface area contributed by atoms with Crippen LogP contribution in [0.5, 0.6) is 11.5 Å². The average Bonchev–Trinajstić information content (AvgIpc) is 2.75. The first-order valence-electron chi connectivity index (χ1n) is 6.21. The van der Waals surface area contributed by atoms with Crippen LogP contribution in [0.15, 0.2) is 18.2 Å². The van der Waals surface area contributed by atoms with Gasteiger partial charge in [-0.25, -0.2) is 0 Å². The highest BCUT2D eigenvalue weighted by atomic mass is 16.5. The van der Waals surface area contributed by atoms with E-state index in [0.717, 1.165) is 17.1 Å². The van der Waals surface area contributed by atoms with Crippen molar-refractivity contribution in [2.24, 2.45) is 0 Å². The molecule has 1 atom stereocenters. The molecule has 0 aromatic heterocycles. The molecule has 1 fully saturated rings. The molecular formula is C14H19NO3. The summed E-state index contributed by atoms with van der Waals surface area (Å²) < 4.78 is 11.0. The first kappa shape index (κ1) is 12.7. The number of hydrogen-bond acceptors (Lipinski definition) is 3. The number of amides is 1. The molecule has 1 heterocycles. The fourth-order valence-corrected chi connectivity index (χ4v) is 2.13. The molecule has 0 unspecified atom stereocenters. The Morgan fingerprint density at radius 2 is 2.11 bits per heavy atom. The smallest absolute Gasteiger partial charge is 0.220 e. The van der Waals surface area contributed by atoms with E-state index in [1.54, 1.807) is 7.11 Å². The zero-order valence-corrected chi connectivity index (χ0v) is 11.0. The summed E-state index contributed by atoms with van der Waals surface area (Å²) in [7, 11) is 1.63. The lowest BCUT2D eigenvalue weighted by Crippen LogP contribution is -2.13. The lowest BCUT2D eigenvalue weighted by Gasteiger charge is -2.16. The van der Waals surface area contributed by atoms with Gasteiger partial charge >= 0.3 is 0 Å². The number of hydrogen-bond donors (Lipinski definition) is 1. The van der Waals surface area contributed by atoms with Gasteiger partial charge in [-0.3, -0.25) is 4.79 Å². The van der Waals surface area contributed by atoms with Crippen LogP contribution in [-0.2, 0) is 4.79 Å². The van der Waals surface area contributed by atoms with Crippen molar-refractivity contribution in [2.75, 3.05) is 13.7 Å². The van der Waals surface area contributed by atoms with Crippen LogP contribution in [0.2, 0.25) is 0 Å². The fourth-order valence-electron chi connectivity index (χ4n) is 2.13. The molecule has 0 radical (unpaired) electrons. The number of carbonyl (C=O) groups excluding carboxylic acids is 1. The van der Waals surface area contributed by atoms with Crippen LogP contribution >= 0.6 is 0 Å². The van der Waals surface area contributed by atoms with E-state index in [1.807, 2.05) is 32.0 Å². The van der Waals surface area contributed by atoms with Crippen molar-refractivity contribution >= 4 is 5.91 Å². The van der Waals surface area contributed by atoms with Crippen LogP contribution in [0, 0.1) is 0 Å². The molecule has 1 aromatic carbocycles. The minimum atomic E-state index is 0.0949. The molecule has 1 aromatic rings. The Hall–Kier alpha value is -1.71. The van der Waals surface area contributed by atoms with Crippen LogP contribution in [0.1, 0.15) is 31.7 Å². The largest absolute Gasteiger partial charge is 0.493 e. The summed E-state index contributed by atoms with van der Waals surface area (Å²) in [6.45, 7) is 4.66. The second-order valence-corrected chi connectivity index (χ2v) is 4.78. The highest BCUT2D eigenvalue weighted by Crippen LogP contribution is 2.33. The maximum Gasteiger partial charge on any atom is 0.220 e. The maximum atomic E-state index is 11.2. The van der Waals surface area contributed by atoms with E-state index in [1.165, 1.54) is 0 Å². The Morgan fingerprint density at radius 3 is 2.67 bits per heavy atom. The first-order chi connectivity index (χ1) is 8.60. The molecule has 18 heavy (non-hydrogen) atoms. The summed E-state index contributed by atoms with van der Waals surface area (Å²) in [6.07, 6.45) is 0.644. The second-order valence-electron chi connectivity index (χ2n) is 4.78. The summed E-state index contributed by atoms with van der Waals surface area (Å²) >= 11 is 0. The van der Waals surface area contributed by atoms with Crippen molar-refractivity contribution < 1.29 is 14.3 Å². The van der Waals surface area contributed by atoms with E-state index in [2.05, 4.69) is 5.32 Å². The van der Waals surface area contributed by atoms with Gasteiger partial charge in [-0.1, -0.05) is 6.07 Å². The number of benzene rings is 1. The van der Waals surface area contributed by atoms with Gasteiger partial charge < -0.3 is 14.8 Å². The number of rotatable bonds is 4. The van der Waals surface area contributed by atoms with Crippen LogP contribution in [0.25, 0.3) is 0 Å². The second kappa shape index (κ2) is 5.29. The van der Waals surface area contributed by atoms with Crippen LogP contribution in [0.3, 0.4) is 0 Å². The van der Waals surface area contributed by atoms with Gasteiger partial charge in [-0.05, 0) is 31.5 Å². The molecule has 1 saturated heterocycles. The van der Waals surface area contributed by atoms with E-state index in [0.29, 0.717) is 13.0 Å². The van der Waals surface area contributed by atoms with E-state index in [9.17, 15) is 4.79 Å². The average molecular weight is 249 g/mol. The van der Waals surface area contributed by atoms with Gasteiger partial charge in [0.15, 0.2) is 11.5 Å². The van der Waals surface area contributed by atoms with E-state index in [4.69, 9.17) is 9.47 Å². The first-order valence-corrected chi connectivity index (χ1v) is 6.21. The Kier molecular flexibility index (Phi) is 3.75. The van der Waals surface area contributed by atoms with Crippen molar-refractivity contribution in [2.45, 2.75) is 32.3 Å². The molecule has 4 heteroatoms. The van der Waals surface area contributed by atoms with Crippen molar-refractivity contribution in [3.05, 3.63) is 23.8 Å². The summed E-state index contributed by atoms with van der Waals surface area (Å²) in [5, 5.41) is 2.85. The van der Waals surface area contributed by atoms with Crippen LogP contribution in [-0.4, -0.2) is 25.7 Å². The van der Waals surface area contributed by atoms with Crippen LogP contribution < -0.4 is 14.8 Å². The molecule has 0 saturated carbocycles. The molecule has 1 aliphatic heterocycles. The third-order valence-electron chi connectivity index (χ3n) is 3.00. The molecule has 2 rings (SSSR count). The summed E-state index contributed by atoms with van der Waals surface area (Å²) in [5.41, 5.74) is 1.12. The van der Waals surface area contributed by atoms with E-state index < -0.39 is 0 Å². The lowest BCUT2D eigenvalue weighted by molar-refractivity contribution is -0.119. The van der Waals surface area contributed by atoms with Gasteiger partial charge in [-0.15, -0.1) is 0 Å². The molecule has 0 spiro atoms. The summed E-state index contributed by atoms with van der Waals surface area (Å²) in [5.74, 6) is 1.81. The predicted octanol–water partition coefficient (Wildman–Crippen LogP) is 2.09. The highest BCUT2D eigenvalue weighted by molar-refractivity contribution is 5.79. The molecule has 4 nitrogen and oxygen atoms in total. The van der Waals surface area contributed by atoms with Gasteiger partial charge in [0.1, 0.15) is 0 Å². The molecule has 1 N–H and O–H groups in total. The minimum absolute atomic E-state index is 0.0949. The molecule has 1 aliphatic rings. The predicted molar refractivity (Wildman–Crippen MR) is 69.1 cm³/mol. The van der Waals surface area contributed by atoms with Crippen molar-refractivity contribution in [3.8, 4) is 11.5 Å². The van der Waals surface area contributed by atoms with Gasteiger partial charge in [0.05, 0.1) is 13.2 Å². The minimum Gasteiger partial charge on any atom is -0.493 e. The Balaban J connectivity index is 2.24. The monoisotopic (exact) mass is 249 g/mol. The molecule has 98 valence electrons. The Labute approximate surface area is 107 Å². The summed E-state index contributed by atoms with van der Waals surface area (Å²) in [6, 6.07) is 5.87. The zero-order chi connectivity index (χ0) is 13.1. The molecule has 1 amide bonds. The fraction of sp³-hybridized carbons (Fsp3) is 0.500. The highest BCUT2D eigenvalue weighted by Gasteiger charge is 2.24. The van der Waals surface area contributed by atoms with Crippen molar-refractivity contribution in [3.63, 3.8) is 0 Å². The molecule has 0 bridgehead atoms. The lowest BCUT2D eigenvalue weighted by atomic mass is 9.98. The number of ether oxygens (including phenoxy) is 2. The SMILES string of the molecule is COc1ccc([C@H]2CNC(=O)C2)cc1OC(C)C. The third kappa shape index (κ3) is 2.75. The van der Waals surface area contributed by atoms with Crippen molar-refractivity contribution in [1.82, 2.24) is 5.32 Å². The summed E-state index contributed by atoms with van der Waals surface area (Å²) in [4.78, 5) is 11.2. The Bertz CT molecular complexity index is 443. The quantitative estimate of drug-likeness (QED) is 0.888. The normalized spacial score (nSPS) is 18.9. The van der Waals surface area contributed by atoms with E-state index >= 15 is 0 Å². The standard InChI is InChI=1S/C14H19NO3/c1-9(2)18-13-6-10(4-5-12(13)17-3)11-7-14(16)15-8-11/h4-6,9,11H,7-8H2,1-3H3,(H,15,16)/t11-/m1/s1. The van der Waals surface area contributed by atoms with Crippen molar-refractivity contribution in [1.29, 1.82) is 0 Å². The third-order valence-corrected chi connectivity index (χ3v) is 3.00. The maximum absolute atomic E-state index is 11.2. The Morgan fingerprint density at radius 1 is 1.33 bits per heavy atom. The molecular weight excluding hydrogens is 230 g/mol. The topological polar surface area (TPSA) is 47.6 Å². The van der Waals surface area contributed by atoms with Gasteiger partial charge in [0.2, 0.25) is 5.91 Å². The van der Waals surface area contributed by atoms with E-state index in [-0.39, 0.29) is 17.9 Å². The number of carbonyl (C=O) groups is 1. The van der Waals surface area contributed by atoms with Gasteiger partial charge in [0, 0.05) is 18.9 Å². The van der Waals surface area contributed by atoms with Crippen LogP contribution in [0.4, 0.5) is 0 Å². The number of methoxy groups -OCH3 is 1. The molecule has 0 aliphatic carbocycles.